The molecular formula is C14H13AsCl2. The van der Waals surface area contributed by atoms with Gasteiger partial charge in [-0.15, -0.1) is 0 Å². The van der Waals surface area contributed by atoms with Gasteiger partial charge in [-0.3, -0.25) is 0 Å². The van der Waals surface area contributed by atoms with E-state index in [9.17, 15) is 0 Å². The normalized spacial score (nSPS) is 10.8. The molecule has 2 rings (SSSR count). The van der Waals surface area contributed by atoms with Crippen molar-refractivity contribution in [2.75, 3.05) is 0 Å². The van der Waals surface area contributed by atoms with Gasteiger partial charge in [0.05, 0.1) is 0 Å². The van der Waals surface area contributed by atoms with Crippen LogP contribution in [0.5, 0.6) is 0 Å². The SMILES string of the molecule is Cc1ccc(Cc2ccccc2[As](Cl)Cl)cc1. The Labute approximate surface area is 115 Å². The quantitative estimate of drug-likeness (QED) is 0.753. The minimum absolute atomic E-state index is 0.904. The van der Waals surface area contributed by atoms with Crippen molar-refractivity contribution in [2.24, 2.45) is 0 Å². The third-order valence-electron chi connectivity index (χ3n) is 2.69. The maximum absolute atomic E-state index is 6.11. The van der Waals surface area contributed by atoms with Crippen LogP contribution in [0.25, 0.3) is 0 Å². The van der Waals surface area contributed by atoms with Crippen molar-refractivity contribution in [3.63, 3.8) is 0 Å². The second kappa shape index (κ2) is 5.96. The Bertz CT molecular complexity index is 492. The van der Waals surface area contributed by atoms with Crippen LogP contribution in [-0.2, 0) is 6.42 Å². The van der Waals surface area contributed by atoms with Crippen molar-refractivity contribution in [3.05, 3.63) is 65.2 Å². The second-order valence-corrected chi connectivity index (χ2v) is 10.4. The molecule has 88 valence electrons. The summed E-state index contributed by atoms with van der Waals surface area (Å²) in [5.41, 5.74) is 3.83. The summed E-state index contributed by atoms with van der Waals surface area (Å²) < 4.78 is 1.14. The number of rotatable bonds is 3. The van der Waals surface area contributed by atoms with E-state index < -0.39 is 12.8 Å². The fourth-order valence-electron chi connectivity index (χ4n) is 1.75. The predicted octanol–water partition coefficient (Wildman–Crippen LogP) is 3.76. The van der Waals surface area contributed by atoms with Crippen LogP contribution in [-0.4, -0.2) is 12.8 Å². The van der Waals surface area contributed by atoms with Crippen LogP contribution in [0.3, 0.4) is 0 Å². The summed E-state index contributed by atoms with van der Waals surface area (Å²) in [5, 5.41) is 0. The van der Waals surface area contributed by atoms with Gasteiger partial charge in [-0.05, 0) is 0 Å². The third-order valence-corrected chi connectivity index (χ3v) is 6.26. The second-order valence-electron chi connectivity index (χ2n) is 4.02. The van der Waals surface area contributed by atoms with E-state index in [-0.39, 0.29) is 0 Å². The molecule has 0 bridgehead atoms. The zero-order valence-corrected chi connectivity index (χ0v) is 12.9. The van der Waals surface area contributed by atoms with Crippen molar-refractivity contribution in [3.8, 4) is 0 Å². The molecule has 17 heavy (non-hydrogen) atoms. The molecule has 0 saturated carbocycles. The van der Waals surface area contributed by atoms with Gasteiger partial charge in [0.2, 0.25) is 0 Å². The molecule has 0 aromatic heterocycles. The molecule has 0 unspecified atom stereocenters. The minimum atomic E-state index is -1.84. The Hall–Kier alpha value is -0.422. The van der Waals surface area contributed by atoms with Crippen LogP contribution in [0, 0.1) is 6.92 Å². The average molecular weight is 327 g/mol. The summed E-state index contributed by atoms with van der Waals surface area (Å²) in [6.45, 7) is 2.10. The maximum atomic E-state index is 6.11. The Morgan fingerprint density at radius 2 is 1.59 bits per heavy atom. The molecule has 0 fully saturated rings. The van der Waals surface area contributed by atoms with E-state index >= 15 is 0 Å². The van der Waals surface area contributed by atoms with Crippen LogP contribution >= 0.6 is 19.9 Å². The molecule has 0 radical (unpaired) electrons. The van der Waals surface area contributed by atoms with Crippen molar-refractivity contribution in [2.45, 2.75) is 13.3 Å². The third kappa shape index (κ3) is 3.52. The van der Waals surface area contributed by atoms with Crippen molar-refractivity contribution < 1.29 is 0 Å². The average Bonchev–Trinajstić information content (AvgIpc) is 2.32. The van der Waals surface area contributed by atoms with Crippen molar-refractivity contribution in [1.82, 2.24) is 0 Å². The fraction of sp³-hybridized carbons (Fsp3) is 0.143. The molecule has 0 atom stereocenters. The van der Waals surface area contributed by atoms with Gasteiger partial charge in [0.1, 0.15) is 0 Å². The van der Waals surface area contributed by atoms with Gasteiger partial charge in [0.25, 0.3) is 0 Å². The molecule has 0 nitrogen and oxygen atoms in total. The Balaban J connectivity index is 2.26. The summed E-state index contributed by atoms with van der Waals surface area (Å²) in [7, 11) is 12.2. The first-order valence-corrected chi connectivity index (χ1v) is 11.3. The fourth-order valence-corrected chi connectivity index (χ4v) is 4.66. The van der Waals surface area contributed by atoms with Gasteiger partial charge < -0.3 is 0 Å². The number of hydrogen-bond acceptors (Lipinski definition) is 0. The molecule has 2 aromatic carbocycles. The number of aryl methyl sites for hydroxylation is 1. The Kier molecular flexibility index (Phi) is 4.56. The zero-order chi connectivity index (χ0) is 12.3. The summed E-state index contributed by atoms with van der Waals surface area (Å²) in [6.07, 6.45) is 0.904. The molecule has 0 aliphatic carbocycles. The van der Waals surface area contributed by atoms with Gasteiger partial charge >= 0.3 is 116 Å². The van der Waals surface area contributed by atoms with E-state index in [1.54, 1.807) is 0 Å². The van der Waals surface area contributed by atoms with E-state index in [2.05, 4.69) is 37.3 Å². The van der Waals surface area contributed by atoms with Gasteiger partial charge in [0, 0.05) is 0 Å². The van der Waals surface area contributed by atoms with E-state index in [1.807, 2.05) is 18.2 Å². The van der Waals surface area contributed by atoms with Gasteiger partial charge in [-0.25, -0.2) is 0 Å². The van der Waals surface area contributed by atoms with E-state index in [0.717, 1.165) is 10.8 Å². The first kappa shape index (κ1) is 13.0. The first-order chi connectivity index (χ1) is 8.16. The molecule has 0 N–H and O–H groups in total. The molecule has 2 aromatic rings. The number of halogens is 2. The molecule has 0 saturated heterocycles. The summed E-state index contributed by atoms with van der Waals surface area (Å²) in [4.78, 5) is 0. The summed E-state index contributed by atoms with van der Waals surface area (Å²) in [5.74, 6) is 0. The zero-order valence-electron chi connectivity index (χ0n) is 9.53. The van der Waals surface area contributed by atoms with Crippen LogP contribution in [0.4, 0.5) is 0 Å². The van der Waals surface area contributed by atoms with Gasteiger partial charge in [0.15, 0.2) is 0 Å². The Morgan fingerprint density at radius 3 is 2.24 bits per heavy atom. The first-order valence-electron chi connectivity index (χ1n) is 5.42. The summed E-state index contributed by atoms with van der Waals surface area (Å²) in [6, 6.07) is 16.8. The van der Waals surface area contributed by atoms with Gasteiger partial charge in [-0.2, -0.15) is 0 Å². The molecular weight excluding hydrogens is 314 g/mol. The molecule has 0 aliphatic rings. The molecule has 0 aliphatic heterocycles. The standard InChI is InChI=1S/C14H13AsCl2/c1-11-6-8-12(9-7-11)10-13-4-2-3-5-14(13)15(16)17/h2-9H,10H2,1H3. The topological polar surface area (TPSA) is 0 Å². The van der Waals surface area contributed by atoms with E-state index in [0.29, 0.717) is 0 Å². The molecule has 3 heteroatoms. The predicted molar refractivity (Wildman–Crippen MR) is 77.5 cm³/mol. The molecule has 0 spiro atoms. The van der Waals surface area contributed by atoms with Crippen LogP contribution in [0.1, 0.15) is 16.7 Å². The molecule has 0 heterocycles. The Morgan fingerprint density at radius 1 is 0.941 bits per heavy atom. The number of hydrogen-bond donors (Lipinski definition) is 0. The van der Waals surface area contributed by atoms with Crippen molar-refractivity contribution >= 4 is 37.0 Å². The van der Waals surface area contributed by atoms with E-state index in [1.165, 1.54) is 16.7 Å². The van der Waals surface area contributed by atoms with Crippen molar-refractivity contribution in [1.29, 1.82) is 0 Å². The van der Waals surface area contributed by atoms with E-state index in [4.69, 9.17) is 19.9 Å². The van der Waals surface area contributed by atoms with Crippen LogP contribution in [0.15, 0.2) is 48.5 Å². The molecule has 0 amide bonds. The van der Waals surface area contributed by atoms with Crippen LogP contribution < -0.4 is 4.35 Å². The van der Waals surface area contributed by atoms with Crippen LogP contribution in [0.2, 0.25) is 0 Å². The summed E-state index contributed by atoms with van der Waals surface area (Å²) >= 11 is -1.84. The number of benzene rings is 2. The monoisotopic (exact) mass is 326 g/mol. The van der Waals surface area contributed by atoms with Gasteiger partial charge in [-0.1, -0.05) is 0 Å².